The molecule has 2 N–H and O–H groups in total. The average Bonchev–Trinajstić information content (AvgIpc) is 2.83. The highest BCUT2D eigenvalue weighted by Gasteiger charge is 2.35. The van der Waals surface area contributed by atoms with Crippen molar-refractivity contribution in [2.75, 3.05) is 16.2 Å². The van der Waals surface area contributed by atoms with Crippen LogP contribution in [0.4, 0.5) is 11.6 Å². The Labute approximate surface area is 223 Å². The third kappa shape index (κ3) is 5.44. The van der Waals surface area contributed by atoms with Crippen molar-refractivity contribution >= 4 is 68.3 Å². The van der Waals surface area contributed by atoms with E-state index in [1.807, 2.05) is 0 Å². The Morgan fingerprint density at radius 1 is 1.06 bits per heavy atom. The molecule has 2 heterocycles. The van der Waals surface area contributed by atoms with E-state index in [1.54, 1.807) is 31.2 Å². The second-order valence-electron chi connectivity index (χ2n) is 8.05. The molecule has 188 valence electrons. The second-order valence-corrected chi connectivity index (χ2v) is 11.2. The van der Waals surface area contributed by atoms with E-state index in [1.165, 1.54) is 30.3 Å². The summed E-state index contributed by atoms with van der Waals surface area (Å²) in [5.74, 6) is -0.541. The first-order valence-corrected chi connectivity index (χ1v) is 13.5. The molecule has 4 rings (SSSR count). The number of nitrogens with one attached hydrogen (secondary N) is 2. The normalized spacial score (nSPS) is 15.2. The van der Waals surface area contributed by atoms with Gasteiger partial charge in [0.15, 0.2) is 0 Å². The highest BCUT2D eigenvalue weighted by Crippen LogP contribution is 2.33. The van der Waals surface area contributed by atoms with Gasteiger partial charge in [0.1, 0.15) is 11.6 Å². The van der Waals surface area contributed by atoms with Gasteiger partial charge in [0.25, 0.3) is 15.9 Å². The molecule has 36 heavy (non-hydrogen) atoms. The first kappa shape index (κ1) is 26.2. The molecular weight excluding hydrogens is 547 g/mol. The Balaban J connectivity index is 1.73. The first-order chi connectivity index (χ1) is 17.1. The Bertz CT molecular complexity index is 1430. The number of hydrogen-bond acceptors (Lipinski definition) is 5. The van der Waals surface area contributed by atoms with E-state index in [9.17, 15) is 18.0 Å². The second kappa shape index (κ2) is 10.6. The molecule has 2 amide bonds. The Kier molecular flexibility index (Phi) is 7.75. The zero-order valence-corrected chi connectivity index (χ0v) is 22.0. The van der Waals surface area contributed by atoms with Crippen LogP contribution in [-0.2, 0) is 21.2 Å². The molecule has 1 atom stereocenters. The molecule has 1 aliphatic rings. The zero-order chi connectivity index (χ0) is 26.0. The molecule has 1 aliphatic heterocycles. The Hall–Kier alpha value is -2.85. The highest BCUT2D eigenvalue weighted by molar-refractivity contribution is 7.92. The number of fused-ring (bicyclic) bond motifs is 1. The lowest BCUT2D eigenvalue weighted by Crippen LogP contribution is -2.50. The minimum atomic E-state index is -4.10. The maximum atomic E-state index is 13.6. The summed E-state index contributed by atoms with van der Waals surface area (Å²) >= 11 is 18.3. The molecule has 0 spiro atoms. The Morgan fingerprint density at radius 3 is 2.42 bits per heavy atom. The van der Waals surface area contributed by atoms with Gasteiger partial charge in [-0.3, -0.25) is 9.59 Å². The molecular formula is C24H21Cl3N4O4S. The number of nitrogens with zero attached hydrogens (tertiary/aromatic N) is 2. The summed E-state index contributed by atoms with van der Waals surface area (Å²) in [5.41, 5.74) is 0.660. The summed E-state index contributed by atoms with van der Waals surface area (Å²) in [7, 11) is -4.10. The topological polar surface area (TPSA) is 108 Å². The lowest BCUT2D eigenvalue weighted by atomic mass is 10.0. The summed E-state index contributed by atoms with van der Waals surface area (Å²) in [4.78, 5) is 29.3. The summed E-state index contributed by atoms with van der Waals surface area (Å²) < 4.78 is 28.4. The number of carbonyl (C=O) groups excluding carboxylic acids is 2. The maximum absolute atomic E-state index is 13.6. The minimum Gasteiger partial charge on any atom is -0.351 e. The minimum absolute atomic E-state index is 0.0255. The van der Waals surface area contributed by atoms with Crippen LogP contribution in [0, 0.1) is 0 Å². The van der Waals surface area contributed by atoms with Gasteiger partial charge < -0.3 is 10.6 Å². The third-order valence-electron chi connectivity index (χ3n) is 5.55. The number of anilines is 2. The van der Waals surface area contributed by atoms with E-state index in [0.717, 1.165) is 4.31 Å². The largest absolute Gasteiger partial charge is 0.351 e. The smallest absolute Gasteiger partial charge is 0.265 e. The number of sulfonamides is 1. The van der Waals surface area contributed by atoms with Gasteiger partial charge in [-0.15, -0.1) is 0 Å². The van der Waals surface area contributed by atoms with Crippen molar-refractivity contribution < 1.29 is 18.0 Å². The fourth-order valence-corrected chi connectivity index (χ4v) is 6.19. The SMILES string of the molecule is CCC(=O)N[C@@H]1Cc2ccc(NC(=O)c3c(Cl)cccc3Cl)nc2N(S(=O)(=O)c2cccc(Cl)c2)C1. The standard InChI is InChI=1S/C24H21Cl3N4O4S/c1-2-21(32)28-16-11-14-9-10-20(30-24(33)22-18(26)7-4-8-19(22)27)29-23(14)31(13-16)36(34,35)17-6-3-5-15(25)12-17/h3-10,12,16H,2,11,13H2,1H3,(H,28,32)(H,29,30,33)/t16-/m1/s1. The fourth-order valence-electron chi connectivity index (χ4n) is 3.83. The highest BCUT2D eigenvalue weighted by atomic mass is 35.5. The summed E-state index contributed by atoms with van der Waals surface area (Å²) in [6, 6.07) is 13.3. The monoisotopic (exact) mass is 566 g/mol. The van der Waals surface area contributed by atoms with Crippen molar-refractivity contribution in [3.05, 3.63) is 80.8 Å². The summed E-state index contributed by atoms with van der Waals surface area (Å²) in [6.07, 6.45) is 0.623. The molecule has 0 saturated carbocycles. The van der Waals surface area contributed by atoms with Crippen LogP contribution in [0.2, 0.25) is 15.1 Å². The molecule has 3 aromatic rings. The van der Waals surface area contributed by atoms with Gasteiger partial charge in [0.2, 0.25) is 5.91 Å². The van der Waals surface area contributed by atoms with Crippen molar-refractivity contribution in [3.63, 3.8) is 0 Å². The average molecular weight is 568 g/mol. The summed E-state index contributed by atoms with van der Waals surface area (Å²) in [5, 5.41) is 6.08. The van der Waals surface area contributed by atoms with E-state index in [0.29, 0.717) is 12.0 Å². The fraction of sp³-hybridized carbons (Fsp3) is 0.208. The van der Waals surface area contributed by atoms with Gasteiger partial charge in [-0.2, -0.15) is 0 Å². The van der Waals surface area contributed by atoms with Gasteiger partial charge in [-0.25, -0.2) is 17.7 Å². The van der Waals surface area contributed by atoms with Crippen LogP contribution < -0.4 is 14.9 Å². The molecule has 0 saturated heterocycles. The Morgan fingerprint density at radius 2 is 1.75 bits per heavy atom. The van der Waals surface area contributed by atoms with Gasteiger partial charge >= 0.3 is 0 Å². The molecule has 8 nitrogen and oxygen atoms in total. The molecule has 0 bridgehead atoms. The van der Waals surface area contributed by atoms with E-state index >= 15 is 0 Å². The predicted molar refractivity (Wildman–Crippen MR) is 141 cm³/mol. The predicted octanol–water partition coefficient (Wildman–Crippen LogP) is 4.94. The number of benzene rings is 2. The van der Waals surface area contributed by atoms with Gasteiger partial charge in [0.05, 0.1) is 33.1 Å². The van der Waals surface area contributed by atoms with Crippen LogP contribution >= 0.6 is 34.8 Å². The molecule has 0 aliphatic carbocycles. The van der Waals surface area contributed by atoms with E-state index in [-0.39, 0.29) is 56.0 Å². The lowest BCUT2D eigenvalue weighted by Gasteiger charge is -2.34. The number of amides is 2. The number of carbonyl (C=O) groups is 2. The summed E-state index contributed by atoms with van der Waals surface area (Å²) in [6.45, 7) is 1.67. The van der Waals surface area contributed by atoms with Crippen molar-refractivity contribution in [1.29, 1.82) is 0 Å². The van der Waals surface area contributed by atoms with Gasteiger partial charge in [-0.05, 0) is 48.4 Å². The van der Waals surface area contributed by atoms with Crippen molar-refractivity contribution in [3.8, 4) is 0 Å². The van der Waals surface area contributed by atoms with Crippen LogP contribution in [0.1, 0.15) is 29.3 Å². The molecule has 1 aromatic heterocycles. The van der Waals surface area contributed by atoms with Crippen molar-refractivity contribution in [2.45, 2.75) is 30.7 Å². The van der Waals surface area contributed by atoms with Crippen LogP contribution in [0.25, 0.3) is 0 Å². The van der Waals surface area contributed by atoms with Crippen LogP contribution in [-0.4, -0.2) is 37.8 Å². The van der Waals surface area contributed by atoms with Crippen molar-refractivity contribution in [2.24, 2.45) is 0 Å². The van der Waals surface area contributed by atoms with E-state index in [4.69, 9.17) is 34.8 Å². The zero-order valence-electron chi connectivity index (χ0n) is 19.0. The van der Waals surface area contributed by atoms with Crippen LogP contribution in [0.3, 0.4) is 0 Å². The van der Waals surface area contributed by atoms with Gasteiger partial charge in [0, 0.05) is 11.4 Å². The number of rotatable bonds is 6. The number of halogens is 3. The molecule has 2 aromatic carbocycles. The quantitative estimate of drug-likeness (QED) is 0.439. The number of hydrogen-bond donors (Lipinski definition) is 2. The molecule has 0 fully saturated rings. The number of pyridine rings is 1. The van der Waals surface area contributed by atoms with E-state index in [2.05, 4.69) is 15.6 Å². The molecule has 12 heteroatoms. The van der Waals surface area contributed by atoms with Crippen LogP contribution in [0.15, 0.2) is 59.5 Å². The van der Waals surface area contributed by atoms with Crippen LogP contribution in [0.5, 0.6) is 0 Å². The lowest BCUT2D eigenvalue weighted by molar-refractivity contribution is -0.121. The number of aromatic nitrogens is 1. The van der Waals surface area contributed by atoms with Crippen molar-refractivity contribution in [1.82, 2.24) is 10.3 Å². The van der Waals surface area contributed by atoms with Gasteiger partial charge in [-0.1, -0.05) is 59.9 Å². The van der Waals surface area contributed by atoms with E-state index < -0.39 is 22.0 Å². The molecule has 0 radical (unpaired) electrons. The maximum Gasteiger partial charge on any atom is 0.265 e. The molecule has 0 unspecified atom stereocenters. The first-order valence-electron chi connectivity index (χ1n) is 10.9. The third-order valence-corrected chi connectivity index (χ3v) is 8.16.